The number of alkyl halides is 1. The minimum Gasteiger partial charge on any atom is -0.383 e. The van der Waals surface area contributed by atoms with E-state index in [4.69, 9.17) is 16.3 Å². The Kier molecular flexibility index (Phi) is 5.83. The molecule has 4 nitrogen and oxygen atoms in total. The first kappa shape index (κ1) is 15.3. The Morgan fingerprint density at radius 3 is 2.90 bits per heavy atom. The Hall–Kier alpha value is -1.10. The van der Waals surface area contributed by atoms with Crippen molar-refractivity contribution < 1.29 is 4.74 Å². The van der Waals surface area contributed by atoms with E-state index in [0.717, 1.165) is 25.2 Å². The van der Waals surface area contributed by atoms with Crippen LogP contribution in [-0.4, -0.2) is 35.4 Å². The molecule has 0 fully saturated rings. The molecular weight excluding hydrogens is 274 g/mol. The summed E-state index contributed by atoms with van der Waals surface area (Å²) in [5.41, 5.74) is 2.27. The fourth-order valence-electron chi connectivity index (χ4n) is 2.39. The average Bonchev–Trinajstić information content (AvgIpc) is 2.83. The number of benzene rings is 1. The lowest BCUT2D eigenvalue weighted by Gasteiger charge is -2.15. The Morgan fingerprint density at radius 2 is 2.20 bits per heavy atom. The van der Waals surface area contributed by atoms with Crippen molar-refractivity contribution >= 4 is 22.5 Å². The topological polar surface area (TPSA) is 39.1 Å². The van der Waals surface area contributed by atoms with Gasteiger partial charge in [0.25, 0.3) is 0 Å². The normalized spacial score (nSPS) is 12.9. The lowest BCUT2D eigenvalue weighted by atomic mass is 10.2. The average molecular weight is 296 g/mol. The molecular formula is C15H22ClN3O. The van der Waals surface area contributed by atoms with Crippen molar-refractivity contribution in [3.05, 3.63) is 30.0 Å². The van der Waals surface area contributed by atoms with E-state index in [1.165, 1.54) is 10.9 Å². The van der Waals surface area contributed by atoms with E-state index in [9.17, 15) is 0 Å². The summed E-state index contributed by atoms with van der Waals surface area (Å²) in [5, 5.41) is 9.37. The van der Waals surface area contributed by atoms with Crippen LogP contribution in [0.25, 0.3) is 10.9 Å². The second kappa shape index (κ2) is 7.62. The second-order valence-electron chi connectivity index (χ2n) is 4.79. The first-order valence-electron chi connectivity index (χ1n) is 7.02. The van der Waals surface area contributed by atoms with Crippen molar-refractivity contribution in [1.29, 1.82) is 0 Å². The molecule has 0 saturated carbocycles. The molecule has 1 N–H and O–H groups in total. The van der Waals surface area contributed by atoms with Gasteiger partial charge in [0.15, 0.2) is 0 Å². The van der Waals surface area contributed by atoms with Gasteiger partial charge in [-0.05, 0) is 19.4 Å². The van der Waals surface area contributed by atoms with Gasteiger partial charge in [0.1, 0.15) is 0 Å². The van der Waals surface area contributed by atoms with Gasteiger partial charge in [-0.15, -0.1) is 11.6 Å². The highest BCUT2D eigenvalue weighted by Gasteiger charge is 2.12. The van der Waals surface area contributed by atoms with E-state index >= 15 is 0 Å². The van der Waals surface area contributed by atoms with Crippen molar-refractivity contribution in [2.45, 2.75) is 32.5 Å². The number of methoxy groups -OCH3 is 1. The number of fused-ring (bicyclic) bond motifs is 1. The van der Waals surface area contributed by atoms with Gasteiger partial charge in [-0.1, -0.05) is 18.2 Å². The van der Waals surface area contributed by atoms with Crippen LogP contribution in [-0.2, 0) is 17.8 Å². The molecule has 1 heterocycles. The highest BCUT2D eigenvalue weighted by molar-refractivity contribution is 6.17. The van der Waals surface area contributed by atoms with Crippen molar-refractivity contribution in [3.63, 3.8) is 0 Å². The third-order valence-corrected chi connectivity index (χ3v) is 3.64. The summed E-state index contributed by atoms with van der Waals surface area (Å²) in [7, 11) is 1.71. The minimum absolute atomic E-state index is 0.267. The molecule has 0 aliphatic carbocycles. The van der Waals surface area contributed by atoms with Gasteiger partial charge in [0.05, 0.1) is 17.8 Å². The van der Waals surface area contributed by atoms with Crippen LogP contribution in [0.15, 0.2) is 24.3 Å². The zero-order valence-corrected chi connectivity index (χ0v) is 12.9. The molecule has 0 aliphatic heterocycles. The zero-order chi connectivity index (χ0) is 14.4. The number of rotatable bonds is 8. The summed E-state index contributed by atoms with van der Waals surface area (Å²) < 4.78 is 7.25. The van der Waals surface area contributed by atoms with Crippen LogP contribution >= 0.6 is 11.6 Å². The summed E-state index contributed by atoms with van der Waals surface area (Å²) in [5.74, 6) is 0.630. The zero-order valence-electron chi connectivity index (χ0n) is 12.1. The molecule has 110 valence electrons. The molecule has 0 radical (unpaired) electrons. The van der Waals surface area contributed by atoms with Gasteiger partial charge in [-0.25, -0.2) is 0 Å². The number of nitrogens with one attached hydrogen (secondary N) is 1. The molecule has 0 bridgehead atoms. The first-order valence-corrected chi connectivity index (χ1v) is 7.56. The number of aryl methyl sites for hydroxylation is 1. The maximum Gasteiger partial charge on any atom is 0.0841 e. The van der Waals surface area contributed by atoms with Crippen LogP contribution in [0.2, 0.25) is 0 Å². The van der Waals surface area contributed by atoms with Crippen LogP contribution in [0.3, 0.4) is 0 Å². The predicted molar refractivity (Wildman–Crippen MR) is 83.2 cm³/mol. The Labute approximate surface area is 125 Å². The van der Waals surface area contributed by atoms with E-state index in [1.807, 2.05) is 4.68 Å². The first-order chi connectivity index (χ1) is 9.80. The number of hydrogen-bond acceptors (Lipinski definition) is 3. The van der Waals surface area contributed by atoms with Gasteiger partial charge in [-0.3, -0.25) is 4.68 Å². The summed E-state index contributed by atoms with van der Waals surface area (Å²) in [6, 6.07) is 8.61. The maximum atomic E-state index is 5.82. The molecule has 0 spiro atoms. The largest absolute Gasteiger partial charge is 0.383 e. The molecule has 1 unspecified atom stereocenters. The van der Waals surface area contributed by atoms with Crippen LogP contribution in [0.5, 0.6) is 0 Å². The quantitative estimate of drug-likeness (QED) is 0.761. The second-order valence-corrected chi connectivity index (χ2v) is 5.17. The highest BCUT2D eigenvalue weighted by Crippen LogP contribution is 2.18. The molecule has 1 aromatic carbocycles. The third-order valence-electron chi connectivity index (χ3n) is 3.42. The van der Waals surface area contributed by atoms with E-state index in [1.54, 1.807) is 7.11 Å². The van der Waals surface area contributed by atoms with E-state index in [-0.39, 0.29) is 6.04 Å². The number of aromatic nitrogens is 2. The standard InChI is InChI=1S/C15H22ClN3O/c1-3-19-15-7-5-4-6-13(15)14(18-19)10-17-12(8-9-16)11-20-2/h4-7,12,17H,3,8-11H2,1-2H3. The molecule has 1 atom stereocenters. The summed E-state index contributed by atoms with van der Waals surface area (Å²) in [6.07, 6.45) is 0.891. The fraction of sp³-hybridized carbons (Fsp3) is 0.533. The molecule has 2 aromatic rings. The van der Waals surface area contributed by atoms with Crippen LogP contribution in [0, 0.1) is 0 Å². The van der Waals surface area contributed by atoms with Gasteiger partial charge in [-0.2, -0.15) is 5.10 Å². The summed E-state index contributed by atoms with van der Waals surface area (Å²) >= 11 is 5.82. The summed E-state index contributed by atoms with van der Waals surface area (Å²) in [4.78, 5) is 0. The van der Waals surface area contributed by atoms with Gasteiger partial charge in [0, 0.05) is 37.5 Å². The van der Waals surface area contributed by atoms with Crippen LogP contribution in [0.4, 0.5) is 0 Å². The minimum atomic E-state index is 0.267. The van der Waals surface area contributed by atoms with Crippen molar-refractivity contribution in [2.75, 3.05) is 19.6 Å². The number of hydrogen-bond donors (Lipinski definition) is 1. The third kappa shape index (κ3) is 3.51. The lowest BCUT2D eigenvalue weighted by molar-refractivity contribution is 0.164. The highest BCUT2D eigenvalue weighted by atomic mass is 35.5. The molecule has 5 heteroatoms. The van der Waals surface area contributed by atoms with Crippen molar-refractivity contribution in [3.8, 4) is 0 Å². The van der Waals surface area contributed by atoms with Crippen molar-refractivity contribution in [2.24, 2.45) is 0 Å². The van der Waals surface area contributed by atoms with Crippen molar-refractivity contribution in [1.82, 2.24) is 15.1 Å². The van der Waals surface area contributed by atoms with Gasteiger partial charge < -0.3 is 10.1 Å². The Balaban J connectivity index is 2.12. The summed E-state index contributed by atoms with van der Waals surface area (Å²) in [6.45, 7) is 4.39. The SMILES string of the molecule is CCn1nc(CNC(CCCl)COC)c2ccccc21. The fourth-order valence-corrected chi connectivity index (χ4v) is 2.65. The van der Waals surface area contributed by atoms with E-state index in [2.05, 4.69) is 41.6 Å². The molecule has 0 amide bonds. The monoisotopic (exact) mass is 295 g/mol. The number of ether oxygens (including phenoxy) is 1. The maximum absolute atomic E-state index is 5.82. The molecule has 20 heavy (non-hydrogen) atoms. The lowest BCUT2D eigenvalue weighted by Crippen LogP contribution is -2.33. The molecule has 0 aliphatic rings. The van der Waals surface area contributed by atoms with Crippen LogP contribution in [0.1, 0.15) is 19.0 Å². The smallest absolute Gasteiger partial charge is 0.0841 e. The van der Waals surface area contributed by atoms with Crippen LogP contribution < -0.4 is 5.32 Å². The van der Waals surface area contributed by atoms with E-state index < -0.39 is 0 Å². The Morgan fingerprint density at radius 1 is 1.40 bits per heavy atom. The number of para-hydroxylation sites is 1. The predicted octanol–water partition coefficient (Wildman–Crippen LogP) is 2.79. The Bertz CT molecular complexity index is 535. The van der Waals surface area contributed by atoms with E-state index in [0.29, 0.717) is 12.5 Å². The molecule has 2 rings (SSSR count). The molecule has 0 saturated heterocycles. The number of halogens is 1. The number of nitrogens with zero attached hydrogens (tertiary/aromatic N) is 2. The van der Waals surface area contributed by atoms with Gasteiger partial charge in [0.2, 0.25) is 0 Å². The van der Waals surface area contributed by atoms with Gasteiger partial charge >= 0.3 is 0 Å². The molecule has 1 aromatic heterocycles.